The molecule has 1 atom stereocenters. The third kappa shape index (κ3) is 3.51. The molecule has 2 rings (SSSR count). The Bertz CT molecular complexity index is 357. The van der Waals surface area contributed by atoms with Crippen LogP contribution in [0.15, 0.2) is 6.20 Å². The summed E-state index contributed by atoms with van der Waals surface area (Å²) in [5.41, 5.74) is 0. The quantitative estimate of drug-likeness (QED) is 0.875. The number of nitrogens with zero attached hydrogens (tertiary/aromatic N) is 3. The van der Waals surface area contributed by atoms with Gasteiger partial charge in [0.2, 0.25) is 0 Å². The fourth-order valence-corrected chi connectivity index (χ4v) is 3.33. The molecule has 1 aromatic heterocycles. The van der Waals surface area contributed by atoms with Gasteiger partial charge >= 0.3 is 0 Å². The smallest absolute Gasteiger partial charge is 0.0897 e. The molecule has 0 spiro atoms. The summed E-state index contributed by atoms with van der Waals surface area (Å²) in [7, 11) is 0. The highest BCUT2D eigenvalue weighted by atomic mass is 32.1. The van der Waals surface area contributed by atoms with Crippen molar-refractivity contribution in [2.75, 3.05) is 32.8 Å². The zero-order valence-corrected chi connectivity index (χ0v) is 12.1. The number of rotatable bonds is 5. The molecule has 1 aromatic rings. The van der Waals surface area contributed by atoms with E-state index in [1.807, 2.05) is 6.20 Å². The van der Waals surface area contributed by atoms with E-state index in [1.54, 1.807) is 11.3 Å². The van der Waals surface area contributed by atoms with Gasteiger partial charge < -0.3 is 5.11 Å². The topological polar surface area (TPSA) is 39.6 Å². The van der Waals surface area contributed by atoms with Crippen LogP contribution in [0.5, 0.6) is 0 Å². The molecule has 1 fully saturated rings. The lowest BCUT2D eigenvalue weighted by molar-refractivity contribution is 0.0612. The minimum absolute atomic E-state index is 0.282. The Balaban J connectivity index is 1.79. The van der Waals surface area contributed by atoms with Gasteiger partial charge in [-0.3, -0.25) is 9.80 Å². The van der Waals surface area contributed by atoms with Gasteiger partial charge in [0.05, 0.1) is 11.6 Å². The van der Waals surface area contributed by atoms with Gasteiger partial charge in [-0.1, -0.05) is 6.92 Å². The van der Waals surface area contributed by atoms with Gasteiger partial charge in [-0.2, -0.15) is 0 Å². The van der Waals surface area contributed by atoms with E-state index in [1.165, 1.54) is 4.88 Å². The van der Waals surface area contributed by atoms with Gasteiger partial charge in [0, 0.05) is 49.8 Å². The predicted octanol–water partition coefficient (Wildman–Crippen LogP) is 1.34. The minimum atomic E-state index is 0.282. The second kappa shape index (κ2) is 6.61. The van der Waals surface area contributed by atoms with E-state index in [4.69, 9.17) is 0 Å². The van der Waals surface area contributed by atoms with E-state index in [-0.39, 0.29) is 6.61 Å². The summed E-state index contributed by atoms with van der Waals surface area (Å²) in [6, 6.07) is 0.345. The zero-order valence-electron chi connectivity index (χ0n) is 11.3. The van der Waals surface area contributed by atoms with E-state index in [9.17, 15) is 5.11 Å². The summed E-state index contributed by atoms with van der Waals surface area (Å²) < 4.78 is 0. The Morgan fingerprint density at radius 3 is 2.61 bits per heavy atom. The summed E-state index contributed by atoms with van der Waals surface area (Å²) in [5, 5.41) is 10.5. The first-order chi connectivity index (χ1) is 8.72. The molecule has 5 heteroatoms. The summed E-state index contributed by atoms with van der Waals surface area (Å²) in [5.74, 6) is 0. The Morgan fingerprint density at radius 1 is 1.39 bits per heavy atom. The fourth-order valence-electron chi connectivity index (χ4n) is 2.49. The number of hydrogen-bond acceptors (Lipinski definition) is 5. The largest absolute Gasteiger partial charge is 0.395 e. The van der Waals surface area contributed by atoms with Crippen LogP contribution in [0.4, 0.5) is 0 Å². The van der Waals surface area contributed by atoms with Crippen LogP contribution in [0.1, 0.15) is 23.2 Å². The number of thiazole rings is 1. The maximum atomic E-state index is 9.32. The maximum Gasteiger partial charge on any atom is 0.0897 e. The fraction of sp³-hybridized carbons (Fsp3) is 0.769. The van der Waals surface area contributed by atoms with E-state index in [0.29, 0.717) is 6.04 Å². The molecule has 1 aliphatic heterocycles. The molecule has 18 heavy (non-hydrogen) atoms. The van der Waals surface area contributed by atoms with Crippen LogP contribution in [-0.4, -0.2) is 58.7 Å². The van der Waals surface area contributed by atoms with Crippen molar-refractivity contribution in [3.63, 3.8) is 0 Å². The molecular formula is C13H23N3OS. The summed E-state index contributed by atoms with van der Waals surface area (Å²) in [4.78, 5) is 10.5. The van der Waals surface area contributed by atoms with Gasteiger partial charge in [-0.15, -0.1) is 11.3 Å². The lowest BCUT2D eigenvalue weighted by Crippen LogP contribution is -2.50. The number of aromatic nitrogens is 1. The van der Waals surface area contributed by atoms with Crippen LogP contribution in [0.25, 0.3) is 0 Å². The number of aliphatic hydroxyl groups excluding tert-OH is 1. The zero-order chi connectivity index (χ0) is 13.0. The molecule has 0 aliphatic carbocycles. The van der Waals surface area contributed by atoms with Crippen LogP contribution in [0.3, 0.4) is 0 Å². The highest BCUT2D eigenvalue weighted by Crippen LogP contribution is 2.16. The van der Waals surface area contributed by atoms with Gasteiger partial charge in [-0.05, 0) is 13.3 Å². The van der Waals surface area contributed by atoms with E-state index in [0.717, 1.165) is 44.2 Å². The monoisotopic (exact) mass is 269 g/mol. The SMILES string of the molecule is CCC(CO)N1CCN(Cc2cnc(C)s2)CC1. The van der Waals surface area contributed by atoms with Crippen LogP contribution < -0.4 is 0 Å². The molecule has 0 amide bonds. The molecule has 0 radical (unpaired) electrons. The Labute approximate surface area is 113 Å². The van der Waals surface area contributed by atoms with Crippen molar-refractivity contribution >= 4 is 11.3 Å². The molecule has 102 valence electrons. The summed E-state index contributed by atoms with van der Waals surface area (Å²) >= 11 is 1.79. The average molecular weight is 269 g/mol. The Kier molecular flexibility index (Phi) is 5.12. The second-order valence-corrected chi connectivity index (χ2v) is 6.22. The molecule has 1 N–H and O–H groups in total. The van der Waals surface area contributed by atoms with Gasteiger partial charge in [-0.25, -0.2) is 4.98 Å². The molecule has 4 nitrogen and oxygen atoms in total. The van der Waals surface area contributed by atoms with Crippen LogP contribution in [-0.2, 0) is 6.54 Å². The van der Waals surface area contributed by atoms with Crippen molar-refractivity contribution in [3.05, 3.63) is 16.1 Å². The van der Waals surface area contributed by atoms with Crippen molar-refractivity contribution in [1.82, 2.24) is 14.8 Å². The lowest BCUT2D eigenvalue weighted by Gasteiger charge is -2.38. The van der Waals surface area contributed by atoms with Crippen molar-refractivity contribution in [2.24, 2.45) is 0 Å². The molecule has 0 aromatic carbocycles. The van der Waals surface area contributed by atoms with Crippen molar-refractivity contribution in [2.45, 2.75) is 32.9 Å². The number of aryl methyl sites for hydroxylation is 1. The number of aliphatic hydroxyl groups is 1. The van der Waals surface area contributed by atoms with Gasteiger partial charge in [0.1, 0.15) is 0 Å². The van der Waals surface area contributed by atoms with E-state index < -0.39 is 0 Å². The first-order valence-electron chi connectivity index (χ1n) is 6.71. The van der Waals surface area contributed by atoms with Gasteiger partial charge in [0.15, 0.2) is 0 Å². The van der Waals surface area contributed by atoms with Crippen molar-refractivity contribution in [3.8, 4) is 0 Å². The molecule has 1 unspecified atom stereocenters. The Morgan fingerprint density at radius 2 is 2.11 bits per heavy atom. The average Bonchev–Trinajstić information content (AvgIpc) is 2.78. The maximum absolute atomic E-state index is 9.32. The molecule has 2 heterocycles. The van der Waals surface area contributed by atoms with Crippen LogP contribution in [0.2, 0.25) is 0 Å². The standard InChI is InChI=1S/C13H23N3OS/c1-3-12(10-17)16-6-4-15(5-7-16)9-13-8-14-11(2)18-13/h8,12,17H,3-7,9-10H2,1-2H3. The number of piperazine rings is 1. The summed E-state index contributed by atoms with van der Waals surface area (Å²) in [6.07, 6.45) is 3.03. The van der Waals surface area contributed by atoms with Crippen LogP contribution in [0, 0.1) is 6.92 Å². The van der Waals surface area contributed by atoms with Crippen molar-refractivity contribution < 1.29 is 5.11 Å². The number of hydrogen-bond donors (Lipinski definition) is 1. The first-order valence-corrected chi connectivity index (χ1v) is 7.53. The highest BCUT2D eigenvalue weighted by molar-refractivity contribution is 7.11. The summed E-state index contributed by atoms with van der Waals surface area (Å²) in [6.45, 7) is 9.82. The normalized spacial score (nSPS) is 20.2. The van der Waals surface area contributed by atoms with Crippen LogP contribution >= 0.6 is 11.3 Å². The van der Waals surface area contributed by atoms with Gasteiger partial charge in [0.25, 0.3) is 0 Å². The van der Waals surface area contributed by atoms with E-state index in [2.05, 4.69) is 28.6 Å². The molecule has 0 bridgehead atoms. The minimum Gasteiger partial charge on any atom is -0.395 e. The van der Waals surface area contributed by atoms with Crippen molar-refractivity contribution in [1.29, 1.82) is 0 Å². The third-order valence-electron chi connectivity index (χ3n) is 3.65. The second-order valence-electron chi connectivity index (χ2n) is 4.90. The predicted molar refractivity (Wildman–Crippen MR) is 74.9 cm³/mol. The highest BCUT2D eigenvalue weighted by Gasteiger charge is 2.22. The lowest BCUT2D eigenvalue weighted by atomic mass is 10.1. The molecule has 1 saturated heterocycles. The third-order valence-corrected chi connectivity index (χ3v) is 4.55. The van der Waals surface area contributed by atoms with E-state index >= 15 is 0 Å². The molecule has 0 saturated carbocycles. The first kappa shape index (κ1) is 13.9. The molecular weight excluding hydrogens is 246 g/mol. The Hall–Kier alpha value is -0.490. The molecule has 1 aliphatic rings.